The fourth-order valence-corrected chi connectivity index (χ4v) is 2.68. The first kappa shape index (κ1) is 15.0. The van der Waals surface area contributed by atoms with Crippen LogP contribution in [-0.2, 0) is 0 Å². The molecule has 1 aliphatic heterocycles. The average molecular weight is 353 g/mol. The van der Waals surface area contributed by atoms with Crippen LogP contribution < -0.4 is 9.64 Å². The molecule has 0 spiro atoms. The number of methoxy groups -OCH3 is 1. The fourth-order valence-electron chi connectivity index (χ4n) is 2.53. The molecule has 1 fully saturated rings. The Balaban J connectivity index is 1.77. The van der Waals surface area contributed by atoms with Crippen LogP contribution in [0, 0.1) is 0 Å². The van der Waals surface area contributed by atoms with Gasteiger partial charge in [-0.1, -0.05) is 0 Å². The molecule has 7 nitrogen and oxygen atoms in total. The fraction of sp³-hybridized carbons (Fsp3) is 0.286. The Morgan fingerprint density at radius 1 is 1.25 bits per heavy atom. The van der Waals surface area contributed by atoms with E-state index >= 15 is 0 Å². The van der Waals surface area contributed by atoms with Gasteiger partial charge in [0.05, 0.1) is 32.1 Å². The number of fused-ring (bicyclic) bond motifs is 1. The van der Waals surface area contributed by atoms with Crippen LogP contribution in [0.4, 0.5) is 14.6 Å². The standard InChI is InChI=1S/C14H11ClF2N6O/c1-24-10-4-11-19-9(8-2-3-18-13(15)20-8)5-23(11)21-12(10)22-6-14(16,17)7-22/h2-5H,6-7H2,1H3. The molecule has 0 bridgehead atoms. The van der Waals surface area contributed by atoms with Gasteiger partial charge in [-0.25, -0.2) is 28.2 Å². The highest BCUT2D eigenvalue weighted by Crippen LogP contribution is 2.36. The molecule has 124 valence electrons. The predicted molar refractivity (Wildman–Crippen MR) is 82.7 cm³/mol. The number of imidazole rings is 1. The zero-order chi connectivity index (χ0) is 16.9. The van der Waals surface area contributed by atoms with Crippen LogP contribution in [0.25, 0.3) is 17.0 Å². The number of ether oxygens (including phenoxy) is 1. The summed E-state index contributed by atoms with van der Waals surface area (Å²) in [4.78, 5) is 13.8. The molecule has 0 atom stereocenters. The third-order valence-electron chi connectivity index (χ3n) is 3.65. The molecule has 3 aromatic rings. The van der Waals surface area contributed by atoms with Crippen molar-refractivity contribution < 1.29 is 13.5 Å². The zero-order valence-electron chi connectivity index (χ0n) is 12.4. The molecule has 1 saturated heterocycles. The summed E-state index contributed by atoms with van der Waals surface area (Å²) >= 11 is 5.79. The van der Waals surface area contributed by atoms with E-state index < -0.39 is 5.92 Å². The van der Waals surface area contributed by atoms with Crippen LogP contribution in [0.15, 0.2) is 24.5 Å². The summed E-state index contributed by atoms with van der Waals surface area (Å²) in [6.45, 7) is -0.768. The number of hydrogen-bond acceptors (Lipinski definition) is 6. The molecule has 3 aromatic heterocycles. The van der Waals surface area contributed by atoms with Crippen molar-refractivity contribution in [2.75, 3.05) is 25.1 Å². The number of alkyl halides is 2. The van der Waals surface area contributed by atoms with Crippen molar-refractivity contribution in [1.82, 2.24) is 24.6 Å². The lowest BCUT2D eigenvalue weighted by molar-refractivity contribution is -0.0270. The van der Waals surface area contributed by atoms with Crippen LogP contribution in [0.1, 0.15) is 0 Å². The number of nitrogens with zero attached hydrogens (tertiary/aromatic N) is 6. The second kappa shape index (κ2) is 5.23. The molecule has 0 amide bonds. The molecule has 4 rings (SSSR count). The van der Waals surface area contributed by atoms with E-state index in [0.29, 0.717) is 28.6 Å². The first-order valence-corrected chi connectivity index (χ1v) is 7.39. The summed E-state index contributed by atoms with van der Waals surface area (Å²) in [6.07, 6.45) is 3.17. The van der Waals surface area contributed by atoms with Gasteiger partial charge in [-0.05, 0) is 17.7 Å². The molecule has 1 aliphatic rings. The van der Waals surface area contributed by atoms with Crippen molar-refractivity contribution >= 4 is 23.1 Å². The van der Waals surface area contributed by atoms with Gasteiger partial charge in [0.1, 0.15) is 5.69 Å². The van der Waals surface area contributed by atoms with Crippen molar-refractivity contribution in [3.05, 3.63) is 29.8 Å². The quantitative estimate of drug-likeness (QED) is 0.674. The van der Waals surface area contributed by atoms with Crippen LogP contribution in [0.5, 0.6) is 5.75 Å². The number of aromatic nitrogens is 5. The van der Waals surface area contributed by atoms with Crippen molar-refractivity contribution in [2.45, 2.75) is 5.92 Å². The molecule has 0 aliphatic carbocycles. The first-order valence-electron chi connectivity index (χ1n) is 7.01. The summed E-state index contributed by atoms with van der Waals surface area (Å²) in [5.74, 6) is -1.96. The van der Waals surface area contributed by atoms with E-state index in [1.807, 2.05) is 0 Å². The van der Waals surface area contributed by atoms with Gasteiger partial charge >= 0.3 is 0 Å². The Hall–Kier alpha value is -2.55. The van der Waals surface area contributed by atoms with Gasteiger partial charge in [0, 0.05) is 12.3 Å². The second-order valence-electron chi connectivity index (χ2n) is 5.39. The van der Waals surface area contributed by atoms with Crippen LogP contribution in [0.3, 0.4) is 0 Å². The third kappa shape index (κ3) is 2.50. The van der Waals surface area contributed by atoms with Crippen LogP contribution in [0.2, 0.25) is 5.28 Å². The number of halogens is 3. The van der Waals surface area contributed by atoms with Gasteiger partial charge in [0.2, 0.25) is 5.28 Å². The predicted octanol–water partition coefficient (Wildman–Crippen LogP) is 2.30. The minimum absolute atomic E-state index is 0.110. The first-order chi connectivity index (χ1) is 11.4. The highest BCUT2D eigenvalue weighted by atomic mass is 35.5. The molecular formula is C14H11ClF2N6O. The lowest BCUT2D eigenvalue weighted by atomic mass is 10.1. The van der Waals surface area contributed by atoms with E-state index in [2.05, 4.69) is 20.1 Å². The van der Waals surface area contributed by atoms with Gasteiger partial charge in [-0.2, -0.15) is 0 Å². The maximum Gasteiger partial charge on any atom is 0.282 e. The number of rotatable bonds is 3. The highest BCUT2D eigenvalue weighted by Gasteiger charge is 2.45. The molecule has 0 radical (unpaired) electrons. The van der Waals surface area contributed by atoms with E-state index in [9.17, 15) is 8.78 Å². The largest absolute Gasteiger partial charge is 0.493 e. The molecule has 0 saturated carbocycles. The SMILES string of the molecule is COc1cc2nc(-c3ccnc(Cl)n3)cn2nc1N1CC(F)(F)C1. The molecule has 10 heteroatoms. The van der Waals surface area contributed by atoms with Crippen molar-refractivity contribution in [3.8, 4) is 17.1 Å². The zero-order valence-corrected chi connectivity index (χ0v) is 13.2. The van der Waals surface area contributed by atoms with Crippen LogP contribution >= 0.6 is 11.6 Å². The minimum Gasteiger partial charge on any atom is -0.493 e. The monoisotopic (exact) mass is 352 g/mol. The lowest BCUT2D eigenvalue weighted by Gasteiger charge is -2.39. The van der Waals surface area contributed by atoms with E-state index in [-0.39, 0.29) is 18.4 Å². The number of hydrogen-bond donors (Lipinski definition) is 0. The maximum atomic E-state index is 13.1. The normalized spacial score (nSPS) is 16.2. The summed E-state index contributed by atoms with van der Waals surface area (Å²) in [5, 5.41) is 4.46. The minimum atomic E-state index is -2.69. The topological polar surface area (TPSA) is 68.4 Å². The van der Waals surface area contributed by atoms with E-state index in [1.165, 1.54) is 22.7 Å². The lowest BCUT2D eigenvalue weighted by Crippen LogP contribution is -2.56. The second-order valence-corrected chi connectivity index (χ2v) is 5.73. The Morgan fingerprint density at radius 3 is 2.71 bits per heavy atom. The number of anilines is 1. The Labute approximate surface area is 139 Å². The van der Waals surface area contributed by atoms with Crippen molar-refractivity contribution in [2.24, 2.45) is 0 Å². The van der Waals surface area contributed by atoms with E-state index in [1.54, 1.807) is 18.3 Å². The molecular weight excluding hydrogens is 342 g/mol. The van der Waals surface area contributed by atoms with Gasteiger partial charge in [-0.15, -0.1) is 5.10 Å². The molecule has 4 heterocycles. The van der Waals surface area contributed by atoms with Gasteiger partial charge in [0.15, 0.2) is 17.2 Å². The summed E-state index contributed by atoms with van der Waals surface area (Å²) in [7, 11) is 1.46. The Kier molecular flexibility index (Phi) is 3.27. The summed E-state index contributed by atoms with van der Waals surface area (Å²) in [5.41, 5.74) is 1.59. The summed E-state index contributed by atoms with van der Waals surface area (Å²) < 4.78 is 33.0. The van der Waals surface area contributed by atoms with Crippen molar-refractivity contribution in [3.63, 3.8) is 0 Å². The Bertz CT molecular complexity index is 923. The van der Waals surface area contributed by atoms with E-state index in [0.717, 1.165) is 0 Å². The maximum absolute atomic E-state index is 13.1. The van der Waals surface area contributed by atoms with Gasteiger partial charge in [0.25, 0.3) is 5.92 Å². The molecule has 24 heavy (non-hydrogen) atoms. The molecule has 0 aromatic carbocycles. The third-order valence-corrected chi connectivity index (χ3v) is 3.83. The van der Waals surface area contributed by atoms with Gasteiger partial charge < -0.3 is 9.64 Å². The molecule has 0 unspecified atom stereocenters. The van der Waals surface area contributed by atoms with Crippen molar-refractivity contribution in [1.29, 1.82) is 0 Å². The summed E-state index contributed by atoms with van der Waals surface area (Å²) in [6, 6.07) is 3.31. The van der Waals surface area contributed by atoms with Crippen LogP contribution in [-0.4, -0.2) is 50.7 Å². The van der Waals surface area contributed by atoms with E-state index in [4.69, 9.17) is 16.3 Å². The average Bonchev–Trinajstić information content (AvgIpc) is 2.94. The van der Waals surface area contributed by atoms with Gasteiger partial charge in [-0.3, -0.25) is 0 Å². The smallest absolute Gasteiger partial charge is 0.282 e. The molecule has 0 N–H and O–H groups in total. The highest BCUT2D eigenvalue weighted by molar-refractivity contribution is 6.28. The Morgan fingerprint density at radius 2 is 2.04 bits per heavy atom.